The first kappa shape index (κ1) is 31.0. The van der Waals surface area contributed by atoms with Crippen molar-refractivity contribution in [3.8, 4) is 5.75 Å². The van der Waals surface area contributed by atoms with Crippen molar-refractivity contribution in [3.05, 3.63) is 52.8 Å². The lowest BCUT2D eigenvalue weighted by atomic mass is 9.52. The number of benzene rings is 1. The number of pyridine rings is 1. The van der Waals surface area contributed by atoms with Crippen molar-refractivity contribution in [3.63, 3.8) is 0 Å². The Morgan fingerprint density at radius 2 is 1.84 bits per heavy atom. The molecular formula is C31H35N5O8. The number of carbonyl (C=O) groups excluding carboxylic acids is 6. The second kappa shape index (κ2) is 11.2. The molecule has 0 radical (unpaired) electrons. The summed E-state index contributed by atoms with van der Waals surface area (Å²) in [6, 6.07) is 3.96. The first-order valence-corrected chi connectivity index (χ1v) is 14.2. The topological polar surface area (TPSA) is 200 Å². The summed E-state index contributed by atoms with van der Waals surface area (Å²) in [6.45, 7) is -0.119. The molecule has 5 N–H and O–H groups in total. The number of fused-ring (bicyclic) bond motifs is 3. The van der Waals surface area contributed by atoms with Crippen LogP contribution in [0.15, 0.2) is 30.6 Å². The van der Waals surface area contributed by atoms with E-state index in [1.54, 1.807) is 49.6 Å². The number of primary amides is 1. The molecule has 13 heteroatoms. The number of amides is 2. The van der Waals surface area contributed by atoms with Crippen molar-refractivity contribution in [1.82, 2.24) is 15.2 Å². The van der Waals surface area contributed by atoms with Crippen LogP contribution in [0.2, 0.25) is 0 Å². The van der Waals surface area contributed by atoms with E-state index in [0.29, 0.717) is 16.8 Å². The minimum absolute atomic E-state index is 0.0380. The van der Waals surface area contributed by atoms with Gasteiger partial charge in [0.1, 0.15) is 5.75 Å². The first-order chi connectivity index (χ1) is 20.7. The highest BCUT2D eigenvalue weighted by Crippen LogP contribution is 2.52. The Kier molecular flexibility index (Phi) is 7.89. The van der Waals surface area contributed by atoms with E-state index in [-0.39, 0.29) is 42.8 Å². The lowest BCUT2D eigenvalue weighted by molar-refractivity contribution is -0.181. The van der Waals surface area contributed by atoms with Gasteiger partial charge in [-0.15, -0.1) is 0 Å². The molecule has 0 spiro atoms. The van der Waals surface area contributed by atoms with E-state index < -0.39 is 70.1 Å². The zero-order chi connectivity index (χ0) is 32.2. The standard InChI is InChI=1S/C31H35N5O8/c1-35(2)19-11-16(13-34-20(37)8-14-6-5-7-33-12-14)25(38)22-17(19)9-15-10-18-24(36(3)4)27(40)23(30(32)43)29(42)31(18,44)28(41)21(15)26(22)39/h5-7,11-12,15,18,21,23-24,38,44H,8-10,13H2,1-4H3,(H2,32,43)(H,34,37)/t15-,18-,21?,23?,24?,31-/m0/s1. The Bertz CT molecular complexity index is 1590. The summed E-state index contributed by atoms with van der Waals surface area (Å²) in [6.07, 6.45) is 3.30. The highest BCUT2D eigenvalue weighted by Gasteiger charge is 2.69. The van der Waals surface area contributed by atoms with Gasteiger partial charge in [0, 0.05) is 50.2 Å². The van der Waals surface area contributed by atoms with Crippen LogP contribution >= 0.6 is 0 Å². The van der Waals surface area contributed by atoms with Crippen molar-refractivity contribution in [2.75, 3.05) is 33.1 Å². The van der Waals surface area contributed by atoms with Crippen LogP contribution in [0.5, 0.6) is 5.75 Å². The summed E-state index contributed by atoms with van der Waals surface area (Å²) in [4.78, 5) is 86.9. The number of nitrogens with one attached hydrogen (secondary N) is 1. The number of Topliss-reactive ketones (excluding diaryl/α,β-unsaturated/α-hetero) is 4. The Morgan fingerprint density at radius 1 is 1.14 bits per heavy atom. The van der Waals surface area contributed by atoms with E-state index >= 15 is 0 Å². The summed E-state index contributed by atoms with van der Waals surface area (Å²) in [5, 5.41) is 25.8. The molecule has 232 valence electrons. The lowest BCUT2D eigenvalue weighted by Crippen LogP contribution is -2.74. The molecule has 3 aliphatic rings. The van der Waals surface area contributed by atoms with Gasteiger partial charge in [0.05, 0.1) is 23.9 Å². The number of phenols is 1. The van der Waals surface area contributed by atoms with Gasteiger partial charge >= 0.3 is 0 Å². The normalized spacial score (nSPS) is 27.8. The molecule has 1 aromatic heterocycles. The molecule has 3 aliphatic carbocycles. The van der Waals surface area contributed by atoms with E-state index in [1.165, 1.54) is 19.0 Å². The maximum atomic E-state index is 14.1. The third kappa shape index (κ3) is 4.76. The summed E-state index contributed by atoms with van der Waals surface area (Å²) in [5.41, 5.74) is 4.44. The van der Waals surface area contributed by atoms with E-state index in [0.717, 1.165) is 0 Å². The van der Waals surface area contributed by atoms with Crippen molar-refractivity contribution in [2.45, 2.75) is 37.5 Å². The largest absolute Gasteiger partial charge is 0.507 e. The zero-order valence-corrected chi connectivity index (χ0v) is 24.9. The second-order valence-electron chi connectivity index (χ2n) is 12.3. The Balaban J connectivity index is 1.53. The first-order valence-electron chi connectivity index (χ1n) is 14.2. The van der Waals surface area contributed by atoms with Gasteiger partial charge in [-0.1, -0.05) is 6.07 Å². The molecule has 6 atom stereocenters. The summed E-state index contributed by atoms with van der Waals surface area (Å²) >= 11 is 0. The maximum Gasteiger partial charge on any atom is 0.235 e. The Hall–Kier alpha value is -4.49. The molecule has 44 heavy (non-hydrogen) atoms. The molecule has 2 amide bonds. The van der Waals surface area contributed by atoms with Crippen LogP contribution in [0.4, 0.5) is 5.69 Å². The number of phenolic OH excluding ortho intramolecular Hbond substituents is 1. The van der Waals surface area contributed by atoms with E-state index in [2.05, 4.69) is 10.3 Å². The molecule has 13 nitrogen and oxygen atoms in total. The predicted molar refractivity (Wildman–Crippen MR) is 155 cm³/mol. The number of likely N-dealkylation sites (N-methyl/N-ethyl adjacent to an activating group) is 1. The van der Waals surface area contributed by atoms with E-state index in [1.807, 2.05) is 0 Å². The monoisotopic (exact) mass is 605 g/mol. The Morgan fingerprint density at radius 3 is 2.43 bits per heavy atom. The molecule has 3 unspecified atom stereocenters. The quantitative estimate of drug-likeness (QED) is 0.288. The summed E-state index contributed by atoms with van der Waals surface area (Å²) in [5.74, 6) is -11.5. The highest BCUT2D eigenvalue weighted by molar-refractivity contribution is 6.32. The predicted octanol–water partition coefficient (Wildman–Crippen LogP) is -0.813. The molecule has 5 rings (SSSR count). The number of hydrogen-bond acceptors (Lipinski definition) is 11. The van der Waals surface area contributed by atoms with Crippen LogP contribution in [0.3, 0.4) is 0 Å². The van der Waals surface area contributed by atoms with Gasteiger partial charge in [0.25, 0.3) is 0 Å². The smallest absolute Gasteiger partial charge is 0.235 e. The van der Waals surface area contributed by atoms with E-state index in [9.17, 15) is 39.0 Å². The SMILES string of the molecule is CN(C)c1cc(CNC(=O)Cc2cccnc2)c(O)c2c1C[C@H]1C[C@H]3C(N(C)C)C(=O)C(C(N)=O)C(=O)[C@@]3(O)C(=O)C1C2=O. The third-order valence-electron chi connectivity index (χ3n) is 9.16. The number of ketones is 4. The minimum Gasteiger partial charge on any atom is -0.507 e. The molecule has 1 aromatic carbocycles. The molecule has 2 saturated carbocycles. The number of aliphatic hydroxyl groups is 1. The fraction of sp³-hybridized carbons (Fsp3) is 0.452. The van der Waals surface area contributed by atoms with Gasteiger partial charge < -0.3 is 26.2 Å². The average molecular weight is 606 g/mol. The Labute approximate surface area is 253 Å². The van der Waals surface area contributed by atoms with Gasteiger partial charge in [0.15, 0.2) is 34.7 Å². The van der Waals surface area contributed by atoms with Crippen molar-refractivity contribution in [1.29, 1.82) is 0 Å². The van der Waals surface area contributed by atoms with E-state index in [4.69, 9.17) is 5.73 Å². The van der Waals surface area contributed by atoms with Crippen LogP contribution in [-0.2, 0) is 43.4 Å². The molecule has 2 fully saturated rings. The van der Waals surface area contributed by atoms with Crippen molar-refractivity contribution in [2.24, 2.45) is 29.4 Å². The van der Waals surface area contributed by atoms with Crippen LogP contribution in [0.25, 0.3) is 0 Å². The summed E-state index contributed by atoms with van der Waals surface area (Å²) < 4.78 is 0. The summed E-state index contributed by atoms with van der Waals surface area (Å²) in [7, 11) is 6.58. The number of hydrogen-bond donors (Lipinski definition) is 4. The number of anilines is 1. The highest BCUT2D eigenvalue weighted by atomic mass is 16.3. The number of aromatic nitrogens is 1. The molecule has 0 saturated heterocycles. The number of aromatic hydroxyl groups is 1. The van der Waals surface area contributed by atoms with Crippen LogP contribution in [-0.4, -0.2) is 94.9 Å². The van der Waals surface area contributed by atoms with Crippen molar-refractivity contribution < 1.29 is 39.0 Å². The van der Waals surface area contributed by atoms with Crippen molar-refractivity contribution >= 4 is 40.6 Å². The molecular weight excluding hydrogens is 570 g/mol. The van der Waals surface area contributed by atoms with Crippen LogP contribution in [0, 0.1) is 23.7 Å². The number of nitrogens with two attached hydrogens (primary N) is 1. The van der Waals surface area contributed by atoms with Crippen LogP contribution in [0.1, 0.15) is 33.5 Å². The zero-order valence-electron chi connectivity index (χ0n) is 24.9. The number of carbonyl (C=O) groups is 6. The average Bonchev–Trinajstić information content (AvgIpc) is 2.94. The van der Waals surface area contributed by atoms with Gasteiger partial charge in [0.2, 0.25) is 11.8 Å². The van der Waals surface area contributed by atoms with Gasteiger partial charge in [-0.3, -0.25) is 38.7 Å². The molecule has 0 bridgehead atoms. The van der Waals surface area contributed by atoms with Gasteiger partial charge in [-0.05, 0) is 56.1 Å². The van der Waals surface area contributed by atoms with Crippen LogP contribution < -0.4 is 16.0 Å². The molecule has 2 aromatic rings. The maximum absolute atomic E-state index is 14.1. The van der Waals surface area contributed by atoms with Gasteiger partial charge in [-0.2, -0.15) is 0 Å². The minimum atomic E-state index is -2.80. The number of nitrogens with zero attached hydrogens (tertiary/aromatic N) is 3. The fourth-order valence-electron chi connectivity index (χ4n) is 7.18. The molecule has 0 aliphatic heterocycles. The lowest BCUT2D eigenvalue weighted by Gasteiger charge is -2.52. The molecule has 1 heterocycles. The fourth-order valence-corrected chi connectivity index (χ4v) is 7.18. The number of rotatable bonds is 7. The second-order valence-corrected chi connectivity index (χ2v) is 12.3. The van der Waals surface area contributed by atoms with Gasteiger partial charge in [-0.25, -0.2) is 0 Å². The third-order valence-corrected chi connectivity index (χ3v) is 9.16.